The van der Waals surface area contributed by atoms with Crippen molar-refractivity contribution in [3.05, 3.63) is 12.2 Å². The number of hydrogen-bond acceptors (Lipinski definition) is 8. The van der Waals surface area contributed by atoms with Crippen LogP contribution in [-0.2, 0) is 9.47 Å². The second-order valence-corrected chi connectivity index (χ2v) is 3.74. The Kier molecular flexibility index (Phi) is 10.8. The van der Waals surface area contributed by atoms with Crippen LogP contribution >= 0.6 is 0 Å². The van der Waals surface area contributed by atoms with Crippen molar-refractivity contribution >= 4 is 12.2 Å². The van der Waals surface area contributed by atoms with Crippen molar-refractivity contribution in [2.24, 2.45) is 20.7 Å². The molecule has 0 fully saturated rings. The van der Waals surface area contributed by atoms with E-state index >= 15 is 0 Å². The molecule has 0 aliphatic heterocycles. The lowest BCUT2D eigenvalue weighted by atomic mass is 10.5. The lowest BCUT2D eigenvalue weighted by Gasteiger charge is -2.07. The Morgan fingerprint density at radius 1 is 0.864 bits per heavy atom. The summed E-state index contributed by atoms with van der Waals surface area (Å²) in [5, 5.41) is 16.8. The normalized spacial score (nSPS) is 11.3. The molecule has 0 aromatic rings. The van der Waals surface area contributed by atoms with E-state index in [2.05, 4.69) is 20.7 Å². The monoisotopic (exact) mass is 314 g/mol. The maximum atomic E-state index is 11.2. The van der Waals surface area contributed by atoms with Crippen LogP contribution in [-0.4, -0.2) is 62.6 Å². The summed E-state index contributed by atoms with van der Waals surface area (Å²) in [5.41, 5.74) is 0. The van der Waals surface area contributed by atoms with Crippen molar-refractivity contribution in [3.63, 3.8) is 0 Å². The fourth-order valence-electron chi connectivity index (χ4n) is 1.01. The molecule has 0 aromatic heterocycles. The van der Waals surface area contributed by atoms with Gasteiger partial charge in [-0.1, -0.05) is 22.6 Å². The van der Waals surface area contributed by atoms with Gasteiger partial charge in [0.1, 0.15) is 0 Å². The van der Waals surface area contributed by atoms with E-state index in [0.717, 1.165) is 10.0 Å². The molecule has 0 rings (SSSR count). The van der Waals surface area contributed by atoms with E-state index in [1.807, 2.05) is 0 Å². The SMILES string of the molecule is CCOC(=O)N(C)N=NC/C=C\CN=NN(C)C(=O)OCC. The molecule has 10 nitrogen and oxygen atoms in total. The lowest BCUT2D eigenvalue weighted by Crippen LogP contribution is -2.21. The van der Waals surface area contributed by atoms with Gasteiger partial charge in [-0.3, -0.25) is 0 Å². The Morgan fingerprint density at radius 2 is 1.23 bits per heavy atom. The summed E-state index contributed by atoms with van der Waals surface area (Å²) in [7, 11) is 2.90. The van der Waals surface area contributed by atoms with Gasteiger partial charge in [-0.15, -0.1) is 0 Å². The minimum absolute atomic E-state index is 0.282. The Balaban J connectivity index is 3.92. The Morgan fingerprint density at radius 3 is 1.55 bits per heavy atom. The molecule has 0 bridgehead atoms. The number of nitrogens with zero attached hydrogens (tertiary/aromatic N) is 6. The molecule has 0 aliphatic carbocycles. The van der Waals surface area contributed by atoms with Crippen molar-refractivity contribution < 1.29 is 19.1 Å². The second kappa shape index (κ2) is 12.2. The van der Waals surface area contributed by atoms with E-state index in [4.69, 9.17) is 9.47 Å². The largest absolute Gasteiger partial charge is 0.448 e. The smallest absolute Gasteiger partial charge is 0.431 e. The number of rotatable bonds is 8. The third kappa shape index (κ3) is 9.39. The van der Waals surface area contributed by atoms with Gasteiger partial charge in [0.05, 0.1) is 26.3 Å². The fraction of sp³-hybridized carbons (Fsp3) is 0.667. The summed E-state index contributed by atoms with van der Waals surface area (Å²) in [6.07, 6.45) is 2.27. The Hall–Kier alpha value is -2.52. The molecule has 0 saturated heterocycles. The van der Waals surface area contributed by atoms with Crippen LogP contribution in [0.15, 0.2) is 32.8 Å². The number of hydrogen-bond donors (Lipinski definition) is 0. The third-order valence-electron chi connectivity index (χ3n) is 2.00. The Bertz CT molecular complexity index is 386. The van der Waals surface area contributed by atoms with Crippen LogP contribution in [0.4, 0.5) is 9.59 Å². The van der Waals surface area contributed by atoms with Crippen molar-refractivity contribution in [1.29, 1.82) is 0 Å². The Labute approximate surface area is 129 Å². The van der Waals surface area contributed by atoms with Gasteiger partial charge in [0, 0.05) is 14.1 Å². The zero-order chi connectivity index (χ0) is 16.8. The quantitative estimate of drug-likeness (QED) is 0.389. The first kappa shape index (κ1) is 19.5. The summed E-state index contributed by atoms with van der Waals surface area (Å²) in [5.74, 6) is 0. The zero-order valence-corrected chi connectivity index (χ0v) is 13.3. The first-order valence-electron chi connectivity index (χ1n) is 6.73. The average molecular weight is 314 g/mol. The molecule has 0 aromatic carbocycles. The predicted octanol–water partition coefficient (Wildman–Crippen LogP) is 2.45. The molecule has 0 saturated carbocycles. The second-order valence-electron chi connectivity index (χ2n) is 3.74. The molecule has 0 N–H and O–H groups in total. The molecular formula is C12H22N6O4. The van der Waals surface area contributed by atoms with Crippen LogP contribution in [0, 0.1) is 0 Å². The molecule has 0 aliphatic rings. The summed E-state index contributed by atoms with van der Waals surface area (Å²) in [4.78, 5) is 22.4. The van der Waals surface area contributed by atoms with Crippen molar-refractivity contribution in [2.45, 2.75) is 13.8 Å². The summed E-state index contributed by atoms with van der Waals surface area (Å²) in [6, 6.07) is 0. The topological polar surface area (TPSA) is 109 Å². The molecule has 0 spiro atoms. The molecule has 0 unspecified atom stereocenters. The number of ether oxygens (including phenoxy) is 2. The average Bonchev–Trinajstić information content (AvgIpc) is 2.49. The van der Waals surface area contributed by atoms with Crippen molar-refractivity contribution in [1.82, 2.24) is 10.0 Å². The highest BCUT2D eigenvalue weighted by atomic mass is 16.6. The maximum Gasteiger partial charge on any atom is 0.431 e. The van der Waals surface area contributed by atoms with Gasteiger partial charge in [-0.2, -0.15) is 20.2 Å². The van der Waals surface area contributed by atoms with E-state index in [-0.39, 0.29) is 26.3 Å². The van der Waals surface area contributed by atoms with Crippen LogP contribution in [0.5, 0.6) is 0 Å². The first-order chi connectivity index (χ1) is 10.5. The van der Waals surface area contributed by atoms with Crippen LogP contribution < -0.4 is 0 Å². The van der Waals surface area contributed by atoms with E-state index in [0.29, 0.717) is 0 Å². The van der Waals surface area contributed by atoms with Gasteiger partial charge < -0.3 is 9.47 Å². The fourth-order valence-corrected chi connectivity index (χ4v) is 1.01. The van der Waals surface area contributed by atoms with Gasteiger partial charge in [0.25, 0.3) is 0 Å². The number of carbonyl (C=O) groups is 2. The van der Waals surface area contributed by atoms with Crippen molar-refractivity contribution in [2.75, 3.05) is 40.4 Å². The molecule has 124 valence electrons. The molecule has 22 heavy (non-hydrogen) atoms. The summed E-state index contributed by atoms with van der Waals surface area (Å²) < 4.78 is 9.44. The highest BCUT2D eigenvalue weighted by Crippen LogP contribution is 1.93. The third-order valence-corrected chi connectivity index (χ3v) is 2.00. The first-order valence-corrected chi connectivity index (χ1v) is 6.73. The van der Waals surface area contributed by atoms with Gasteiger partial charge in [0.15, 0.2) is 0 Å². The highest BCUT2D eigenvalue weighted by Gasteiger charge is 2.06. The number of amides is 2. The molecule has 10 heteroatoms. The van der Waals surface area contributed by atoms with Crippen LogP contribution in [0.25, 0.3) is 0 Å². The summed E-state index contributed by atoms with van der Waals surface area (Å²) >= 11 is 0. The standard InChI is InChI=1S/C12H22N6O4/c1-5-21-11(19)17(3)15-13-9-7-8-10-14-16-18(4)12(20)22-6-2/h7-8H,5-6,9-10H2,1-4H3/b8-7-,15-13?,16-14?. The minimum atomic E-state index is -0.564. The highest BCUT2D eigenvalue weighted by molar-refractivity contribution is 5.66. The van der Waals surface area contributed by atoms with Gasteiger partial charge in [-0.25, -0.2) is 9.59 Å². The lowest BCUT2D eigenvalue weighted by molar-refractivity contribution is 0.113. The minimum Gasteiger partial charge on any atom is -0.448 e. The number of carbonyl (C=O) groups excluding carboxylic acids is 2. The summed E-state index contributed by atoms with van der Waals surface area (Å²) in [6.45, 7) is 4.55. The van der Waals surface area contributed by atoms with Crippen LogP contribution in [0.1, 0.15) is 13.8 Å². The van der Waals surface area contributed by atoms with E-state index in [1.54, 1.807) is 26.0 Å². The van der Waals surface area contributed by atoms with E-state index in [1.165, 1.54) is 14.1 Å². The maximum absolute atomic E-state index is 11.2. The van der Waals surface area contributed by atoms with Crippen LogP contribution in [0.2, 0.25) is 0 Å². The van der Waals surface area contributed by atoms with Crippen molar-refractivity contribution in [3.8, 4) is 0 Å². The van der Waals surface area contributed by atoms with Gasteiger partial charge in [-0.05, 0) is 13.8 Å². The predicted molar refractivity (Wildman–Crippen MR) is 78.2 cm³/mol. The van der Waals surface area contributed by atoms with Gasteiger partial charge >= 0.3 is 12.2 Å². The van der Waals surface area contributed by atoms with E-state index in [9.17, 15) is 9.59 Å². The van der Waals surface area contributed by atoms with E-state index < -0.39 is 12.2 Å². The molecule has 0 radical (unpaired) electrons. The molecule has 2 amide bonds. The molecular weight excluding hydrogens is 292 g/mol. The zero-order valence-electron chi connectivity index (χ0n) is 13.3. The van der Waals surface area contributed by atoms with Crippen LogP contribution in [0.3, 0.4) is 0 Å². The molecule has 0 heterocycles. The van der Waals surface area contributed by atoms with Gasteiger partial charge in [0.2, 0.25) is 0 Å². The molecule has 0 atom stereocenters.